The van der Waals surface area contributed by atoms with E-state index in [-0.39, 0.29) is 0 Å². The van der Waals surface area contributed by atoms with Gasteiger partial charge < -0.3 is 5.11 Å². The molecule has 1 atom stereocenters. The van der Waals surface area contributed by atoms with Crippen LogP contribution in [0.3, 0.4) is 0 Å². The van der Waals surface area contributed by atoms with Gasteiger partial charge in [0.05, 0.1) is 0 Å². The Balaban J connectivity index is 2.10. The second-order valence-electron chi connectivity index (χ2n) is 3.55. The molecule has 3 rings (SSSR count). The van der Waals surface area contributed by atoms with Crippen LogP contribution in [0, 0.1) is 0 Å². The summed E-state index contributed by atoms with van der Waals surface area (Å²) in [5, 5.41) is 8.51. The molecule has 0 radical (unpaired) electrons. The molecule has 1 N–H and O–H groups in total. The van der Waals surface area contributed by atoms with Crippen LogP contribution in [0.4, 0.5) is 0 Å². The lowest BCUT2D eigenvalue weighted by atomic mass is 10.1. The summed E-state index contributed by atoms with van der Waals surface area (Å²) in [6.45, 7) is 0. The fourth-order valence-electron chi connectivity index (χ4n) is 1.93. The normalized spacial score (nSPS) is 21.7. The van der Waals surface area contributed by atoms with Crippen molar-refractivity contribution in [2.45, 2.75) is 5.25 Å². The highest BCUT2D eigenvalue weighted by Gasteiger charge is 2.31. The second-order valence-corrected chi connectivity index (χ2v) is 4.74. The highest BCUT2D eigenvalue weighted by atomic mass is 32.2. The third kappa shape index (κ3) is 1.23. The van der Waals surface area contributed by atoms with Crippen molar-refractivity contribution >= 4 is 29.4 Å². The summed E-state index contributed by atoms with van der Waals surface area (Å²) in [6, 6.07) is 8.07. The van der Waals surface area contributed by atoms with Gasteiger partial charge in [-0.25, -0.2) is 0 Å². The van der Waals surface area contributed by atoms with E-state index in [2.05, 4.69) is 12.1 Å². The molecule has 2 aliphatic rings. The van der Waals surface area contributed by atoms with Gasteiger partial charge in [-0.15, -0.1) is 11.8 Å². The molecule has 74 valence electrons. The Bertz CT molecular complexity index is 514. The molecule has 1 aromatic carbocycles. The molecule has 1 aliphatic heterocycles. The van der Waals surface area contributed by atoms with Gasteiger partial charge in [0.2, 0.25) is 0 Å². The Morgan fingerprint density at radius 2 is 2.13 bits per heavy atom. The third-order valence-corrected chi connectivity index (χ3v) is 3.80. The number of hydrogen-bond donors (Lipinski definition) is 1. The summed E-state index contributed by atoms with van der Waals surface area (Å²) in [5.74, 6) is -0.764. The van der Waals surface area contributed by atoms with Crippen molar-refractivity contribution in [2.75, 3.05) is 0 Å². The number of rotatable bonds is 1. The van der Waals surface area contributed by atoms with E-state index >= 15 is 0 Å². The number of thioether (sulfide) groups is 1. The highest BCUT2D eigenvalue weighted by molar-refractivity contribution is 8.05. The number of carbonyl (C=O) groups is 1. The Kier molecular flexibility index (Phi) is 1.76. The number of hydrogen-bond acceptors (Lipinski definition) is 2. The number of carboxylic acids is 1. The topological polar surface area (TPSA) is 37.3 Å². The summed E-state index contributed by atoms with van der Waals surface area (Å²) in [6.07, 6.45) is 3.90. The first-order valence-electron chi connectivity index (χ1n) is 4.68. The van der Waals surface area contributed by atoms with E-state index in [1.807, 2.05) is 24.3 Å². The lowest BCUT2D eigenvalue weighted by Crippen LogP contribution is -2.10. The van der Waals surface area contributed by atoms with Crippen LogP contribution in [0.2, 0.25) is 0 Å². The van der Waals surface area contributed by atoms with Crippen LogP contribution in [0.25, 0.3) is 11.6 Å². The minimum absolute atomic E-state index is 0.417. The molecule has 1 aliphatic carbocycles. The number of carboxylic acid groups (broad SMARTS) is 1. The van der Waals surface area contributed by atoms with Crippen LogP contribution < -0.4 is 0 Å². The van der Waals surface area contributed by atoms with Crippen LogP contribution in [0.1, 0.15) is 11.1 Å². The summed E-state index contributed by atoms with van der Waals surface area (Å²) >= 11 is 1.41. The van der Waals surface area contributed by atoms with Gasteiger partial charge in [0.15, 0.2) is 0 Å². The van der Waals surface area contributed by atoms with Crippen LogP contribution in [-0.4, -0.2) is 16.3 Å². The fourth-order valence-corrected chi connectivity index (χ4v) is 3.01. The van der Waals surface area contributed by atoms with Gasteiger partial charge in [-0.3, -0.25) is 4.79 Å². The highest BCUT2D eigenvalue weighted by Crippen LogP contribution is 2.48. The van der Waals surface area contributed by atoms with E-state index in [0.717, 1.165) is 16.0 Å². The van der Waals surface area contributed by atoms with Crippen molar-refractivity contribution in [3.05, 3.63) is 46.4 Å². The van der Waals surface area contributed by atoms with Crippen molar-refractivity contribution < 1.29 is 9.90 Å². The van der Waals surface area contributed by atoms with Crippen LogP contribution in [0.5, 0.6) is 0 Å². The van der Waals surface area contributed by atoms with Gasteiger partial charge in [0.1, 0.15) is 5.25 Å². The Hall–Kier alpha value is -1.48. The van der Waals surface area contributed by atoms with Crippen molar-refractivity contribution in [1.29, 1.82) is 0 Å². The third-order valence-electron chi connectivity index (χ3n) is 2.62. The molecular formula is C12H8O2S. The molecule has 0 spiro atoms. The average Bonchev–Trinajstić information content (AvgIpc) is 2.73. The van der Waals surface area contributed by atoms with Gasteiger partial charge in [0, 0.05) is 4.91 Å². The van der Waals surface area contributed by atoms with Gasteiger partial charge in [-0.1, -0.05) is 30.3 Å². The molecule has 15 heavy (non-hydrogen) atoms. The van der Waals surface area contributed by atoms with Crippen molar-refractivity contribution in [3.8, 4) is 0 Å². The molecule has 0 amide bonds. The van der Waals surface area contributed by atoms with Crippen LogP contribution >= 0.6 is 11.8 Å². The smallest absolute Gasteiger partial charge is 0.320 e. The Labute approximate surface area is 91.3 Å². The number of aliphatic carboxylic acids is 1. The Morgan fingerprint density at radius 3 is 2.93 bits per heavy atom. The predicted molar refractivity (Wildman–Crippen MR) is 61.4 cm³/mol. The Morgan fingerprint density at radius 1 is 1.33 bits per heavy atom. The monoisotopic (exact) mass is 216 g/mol. The molecule has 1 unspecified atom stereocenters. The molecule has 3 heteroatoms. The maximum atomic E-state index is 10.9. The summed E-state index contributed by atoms with van der Waals surface area (Å²) in [4.78, 5) is 11.9. The maximum absolute atomic E-state index is 10.9. The van der Waals surface area contributed by atoms with Gasteiger partial charge in [-0.2, -0.15) is 0 Å². The van der Waals surface area contributed by atoms with E-state index in [1.165, 1.54) is 17.3 Å². The first-order chi connectivity index (χ1) is 7.25. The summed E-state index contributed by atoms with van der Waals surface area (Å²) < 4.78 is 0. The van der Waals surface area contributed by atoms with Crippen molar-refractivity contribution in [1.82, 2.24) is 0 Å². The number of allylic oxidation sites excluding steroid dienone is 1. The molecule has 0 saturated heterocycles. The van der Waals surface area contributed by atoms with Gasteiger partial charge in [0.25, 0.3) is 0 Å². The first-order valence-corrected chi connectivity index (χ1v) is 5.56. The lowest BCUT2D eigenvalue weighted by Gasteiger charge is -1.98. The van der Waals surface area contributed by atoms with Gasteiger partial charge in [-0.05, 0) is 22.8 Å². The first kappa shape index (κ1) is 8.80. The van der Waals surface area contributed by atoms with E-state index < -0.39 is 11.2 Å². The van der Waals surface area contributed by atoms with Gasteiger partial charge >= 0.3 is 5.97 Å². The second kappa shape index (κ2) is 3.00. The summed E-state index contributed by atoms with van der Waals surface area (Å²) in [5.41, 5.74) is 3.43. The van der Waals surface area contributed by atoms with Crippen molar-refractivity contribution in [2.24, 2.45) is 0 Å². The lowest BCUT2D eigenvalue weighted by molar-refractivity contribution is -0.135. The minimum Gasteiger partial charge on any atom is -0.480 e. The standard InChI is InChI=1S/C12H8O2S/c13-12(14)11-6-9-8-4-2-1-3-7(8)5-10(9)15-11/h1-6,11H,(H,13,14). The van der Waals surface area contributed by atoms with E-state index in [1.54, 1.807) is 0 Å². The van der Waals surface area contributed by atoms with Crippen molar-refractivity contribution in [3.63, 3.8) is 0 Å². The molecule has 2 nitrogen and oxygen atoms in total. The van der Waals surface area contributed by atoms with E-state index in [0.29, 0.717) is 0 Å². The number of benzene rings is 1. The average molecular weight is 216 g/mol. The quantitative estimate of drug-likeness (QED) is 0.784. The van der Waals surface area contributed by atoms with E-state index in [9.17, 15) is 4.79 Å². The molecule has 0 fully saturated rings. The molecule has 0 aromatic heterocycles. The largest absolute Gasteiger partial charge is 0.480 e. The zero-order valence-corrected chi connectivity index (χ0v) is 8.62. The fraction of sp³-hybridized carbons (Fsp3) is 0.0833. The summed E-state index contributed by atoms with van der Waals surface area (Å²) in [7, 11) is 0. The van der Waals surface area contributed by atoms with Crippen LogP contribution in [0.15, 0.2) is 35.2 Å². The maximum Gasteiger partial charge on any atom is 0.320 e. The zero-order valence-electron chi connectivity index (χ0n) is 7.81. The van der Waals surface area contributed by atoms with E-state index in [4.69, 9.17) is 5.11 Å². The molecule has 0 bridgehead atoms. The molecule has 1 heterocycles. The predicted octanol–water partition coefficient (Wildman–Crippen LogP) is 2.62. The van der Waals surface area contributed by atoms with Crippen LogP contribution in [-0.2, 0) is 4.79 Å². The molecule has 1 aromatic rings. The molecule has 0 saturated carbocycles. The number of fused-ring (bicyclic) bond motifs is 3. The zero-order chi connectivity index (χ0) is 10.4. The molecular weight excluding hydrogens is 208 g/mol. The minimum atomic E-state index is -0.764. The SMILES string of the molecule is O=C(O)C1C=C2C(=Cc3ccccc32)S1.